The lowest BCUT2D eigenvalue weighted by molar-refractivity contribution is -0.0147. The highest BCUT2D eigenvalue weighted by Gasteiger charge is 2.56. The quantitative estimate of drug-likeness (QED) is 0.384. The van der Waals surface area contributed by atoms with Gasteiger partial charge in [0.05, 0.1) is 0 Å². The van der Waals surface area contributed by atoms with Crippen LogP contribution in [0.3, 0.4) is 0 Å². The molecule has 1 saturated heterocycles. The third-order valence-corrected chi connectivity index (χ3v) is 9.27. The molecule has 2 heterocycles. The first-order chi connectivity index (χ1) is 19.2. The largest absolute Gasteiger partial charge is 0.486 e. The van der Waals surface area contributed by atoms with Crippen LogP contribution in [0.15, 0.2) is 66.7 Å². The van der Waals surface area contributed by atoms with E-state index in [0.29, 0.717) is 44.6 Å². The van der Waals surface area contributed by atoms with E-state index in [1.165, 1.54) is 24.0 Å². The Hall–Kier alpha value is -3.67. The number of carbonyl (C=O) groups is 1. The molecule has 2 bridgehead atoms. The number of ether oxygens (including phenoxy) is 4. The molecule has 3 aromatic rings. The molecule has 3 atom stereocenters. The van der Waals surface area contributed by atoms with E-state index >= 15 is 0 Å². The molecule has 1 saturated carbocycles. The molecule has 2 fully saturated rings. The number of amides is 1. The van der Waals surface area contributed by atoms with Gasteiger partial charge in [0.25, 0.3) is 0 Å². The van der Waals surface area contributed by atoms with Gasteiger partial charge in [-0.15, -0.1) is 0 Å². The van der Waals surface area contributed by atoms with E-state index in [1.54, 1.807) is 0 Å². The van der Waals surface area contributed by atoms with Gasteiger partial charge in [0, 0.05) is 23.6 Å². The maximum absolute atomic E-state index is 13.4. The normalized spacial score (nSPS) is 24.8. The number of likely N-dealkylation sites (tertiary alicyclic amines) is 1. The average Bonchev–Trinajstić information content (AvgIpc) is 3.00. The summed E-state index contributed by atoms with van der Waals surface area (Å²) in [5.74, 6) is 2.70. The van der Waals surface area contributed by atoms with Gasteiger partial charge in [0.15, 0.2) is 11.5 Å². The first-order valence-corrected chi connectivity index (χ1v) is 14.3. The fraction of sp³-hybridized carbons (Fsp3) is 0.424. The second-order valence-corrected chi connectivity index (χ2v) is 11.3. The fourth-order valence-electron chi connectivity index (χ4n) is 7.52. The second kappa shape index (κ2) is 10.1. The van der Waals surface area contributed by atoms with Crippen LogP contribution in [0.5, 0.6) is 17.2 Å². The van der Waals surface area contributed by atoms with Gasteiger partial charge >= 0.3 is 6.09 Å². The van der Waals surface area contributed by atoms with Crippen molar-refractivity contribution in [1.82, 2.24) is 4.90 Å². The third-order valence-electron chi connectivity index (χ3n) is 9.27. The molecule has 202 valence electrons. The molecule has 2 aliphatic carbocycles. The molecule has 0 radical (unpaired) electrons. The van der Waals surface area contributed by atoms with Crippen LogP contribution in [0.1, 0.15) is 54.4 Å². The van der Waals surface area contributed by atoms with E-state index in [9.17, 15) is 4.79 Å². The van der Waals surface area contributed by atoms with Crippen molar-refractivity contribution in [2.45, 2.75) is 63.2 Å². The van der Waals surface area contributed by atoms with Crippen molar-refractivity contribution < 1.29 is 23.7 Å². The molecule has 1 unspecified atom stereocenters. The van der Waals surface area contributed by atoms with Gasteiger partial charge in [-0.1, -0.05) is 73.5 Å². The Labute approximate surface area is 229 Å². The van der Waals surface area contributed by atoms with Gasteiger partial charge in [0.2, 0.25) is 5.75 Å². The predicted octanol–water partition coefficient (Wildman–Crippen LogP) is 6.43. The highest BCUT2D eigenvalue weighted by atomic mass is 16.6. The van der Waals surface area contributed by atoms with Gasteiger partial charge < -0.3 is 23.8 Å². The van der Waals surface area contributed by atoms with E-state index in [2.05, 4.69) is 18.2 Å². The summed E-state index contributed by atoms with van der Waals surface area (Å²) >= 11 is 0. The number of fused-ring (bicyclic) bond motifs is 3. The number of rotatable bonds is 5. The van der Waals surface area contributed by atoms with Gasteiger partial charge in [-0.25, -0.2) is 4.79 Å². The van der Waals surface area contributed by atoms with E-state index in [0.717, 1.165) is 48.3 Å². The number of hydrogen-bond acceptors (Lipinski definition) is 5. The zero-order valence-electron chi connectivity index (χ0n) is 22.3. The summed E-state index contributed by atoms with van der Waals surface area (Å²) in [4.78, 5) is 15.5. The smallest absolute Gasteiger partial charge is 0.410 e. The maximum atomic E-state index is 13.4. The van der Waals surface area contributed by atoms with Crippen LogP contribution in [-0.4, -0.2) is 36.8 Å². The van der Waals surface area contributed by atoms with E-state index in [4.69, 9.17) is 18.9 Å². The number of hydrogen-bond donors (Lipinski definition) is 0. The van der Waals surface area contributed by atoms with Crippen molar-refractivity contribution in [3.63, 3.8) is 0 Å². The van der Waals surface area contributed by atoms with Crippen molar-refractivity contribution in [1.29, 1.82) is 0 Å². The summed E-state index contributed by atoms with van der Waals surface area (Å²) in [6.45, 7) is 2.51. The van der Waals surface area contributed by atoms with E-state index in [-0.39, 0.29) is 17.6 Å². The van der Waals surface area contributed by atoms with Crippen LogP contribution in [0.25, 0.3) is 0 Å². The molecule has 4 aliphatic rings. The van der Waals surface area contributed by atoms with Gasteiger partial charge in [0.1, 0.15) is 26.4 Å². The summed E-state index contributed by atoms with van der Waals surface area (Å²) in [7, 11) is 0. The number of benzene rings is 3. The van der Waals surface area contributed by atoms with Gasteiger partial charge in [-0.05, 0) is 54.4 Å². The summed E-state index contributed by atoms with van der Waals surface area (Å²) < 4.78 is 24.7. The molecule has 39 heavy (non-hydrogen) atoms. The van der Waals surface area contributed by atoms with Crippen LogP contribution in [0, 0.1) is 5.92 Å². The molecule has 0 aromatic heterocycles. The molecule has 2 aliphatic heterocycles. The second-order valence-electron chi connectivity index (χ2n) is 11.3. The fourth-order valence-corrected chi connectivity index (χ4v) is 7.52. The molecule has 0 spiro atoms. The first-order valence-electron chi connectivity index (χ1n) is 14.3. The minimum Gasteiger partial charge on any atom is -0.486 e. The topological polar surface area (TPSA) is 57.2 Å². The Morgan fingerprint density at radius 1 is 0.897 bits per heavy atom. The van der Waals surface area contributed by atoms with Crippen molar-refractivity contribution >= 4 is 6.09 Å². The van der Waals surface area contributed by atoms with Gasteiger partial charge in [-0.3, -0.25) is 0 Å². The first kappa shape index (κ1) is 24.4. The lowest BCUT2D eigenvalue weighted by Gasteiger charge is -2.58. The van der Waals surface area contributed by atoms with Crippen LogP contribution in [-0.2, 0) is 29.8 Å². The zero-order chi connectivity index (χ0) is 26.2. The highest BCUT2D eigenvalue weighted by molar-refractivity contribution is 5.70. The molecular weight excluding hydrogens is 490 g/mol. The summed E-state index contributed by atoms with van der Waals surface area (Å²) in [5.41, 5.74) is 4.70. The predicted molar refractivity (Wildman–Crippen MR) is 147 cm³/mol. The minimum atomic E-state index is -0.208. The Kier molecular flexibility index (Phi) is 6.34. The lowest BCUT2D eigenvalue weighted by Crippen LogP contribution is -2.62. The molecule has 6 nitrogen and oxygen atoms in total. The van der Waals surface area contributed by atoms with Crippen LogP contribution < -0.4 is 14.2 Å². The highest BCUT2D eigenvalue weighted by Crippen LogP contribution is 2.60. The molecular formula is C33H35NO5. The maximum Gasteiger partial charge on any atom is 0.410 e. The lowest BCUT2D eigenvalue weighted by atomic mass is 9.52. The zero-order valence-corrected chi connectivity index (χ0v) is 22.3. The molecule has 0 N–H and O–H groups in total. The molecule has 1 amide bonds. The SMILES string of the molecule is O=C(OCc1ccccc1)N1CC[C@@]23CCCCC2[C@@H]1Cc1c3cc(OCc2ccccc2)c2c1OCCO2. The van der Waals surface area contributed by atoms with E-state index in [1.807, 2.05) is 53.4 Å². The van der Waals surface area contributed by atoms with Crippen LogP contribution in [0.2, 0.25) is 0 Å². The average molecular weight is 526 g/mol. The number of piperidine rings is 1. The van der Waals surface area contributed by atoms with Gasteiger partial charge in [-0.2, -0.15) is 0 Å². The Balaban J connectivity index is 1.23. The Morgan fingerprint density at radius 3 is 2.38 bits per heavy atom. The number of nitrogens with zero attached hydrogens (tertiary/aromatic N) is 1. The van der Waals surface area contributed by atoms with Crippen LogP contribution in [0.4, 0.5) is 4.79 Å². The van der Waals surface area contributed by atoms with Crippen molar-refractivity contribution in [2.24, 2.45) is 5.92 Å². The summed E-state index contributed by atoms with van der Waals surface area (Å²) in [5, 5.41) is 0. The standard InChI is InChI=1S/C33H35NO5/c35-32(39-22-24-11-5-2-6-12-24)34-16-15-33-14-8-7-13-26(33)28(34)19-25-27(33)20-29(31-30(25)36-17-18-37-31)38-21-23-9-3-1-4-10-23/h1-6,9-12,20,26,28H,7-8,13-19,21-22H2/t26?,28-,33-/m0/s1. The van der Waals surface area contributed by atoms with Crippen molar-refractivity contribution in [3.8, 4) is 17.2 Å². The monoisotopic (exact) mass is 525 g/mol. The molecule has 6 heteroatoms. The van der Waals surface area contributed by atoms with E-state index < -0.39 is 0 Å². The molecule has 7 rings (SSSR count). The van der Waals surface area contributed by atoms with Crippen LogP contribution >= 0.6 is 0 Å². The number of carbonyl (C=O) groups excluding carboxylic acids is 1. The summed E-state index contributed by atoms with van der Waals surface area (Å²) in [6.07, 6.45) is 6.14. The summed E-state index contributed by atoms with van der Waals surface area (Å²) in [6, 6.07) is 22.5. The molecule has 3 aromatic carbocycles. The van der Waals surface area contributed by atoms with Crippen molar-refractivity contribution in [2.75, 3.05) is 19.8 Å². The Morgan fingerprint density at radius 2 is 1.62 bits per heavy atom. The Bertz CT molecular complexity index is 1340. The van der Waals surface area contributed by atoms with Crippen molar-refractivity contribution in [3.05, 3.63) is 89.0 Å². The third kappa shape index (κ3) is 4.30. The minimum absolute atomic E-state index is 0.0212.